The second-order valence-corrected chi connectivity index (χ2v) is 4.65. The molecule has 1 aromatic rings. The van der Waals surface area contributed by atoms with E-state index in [9.17, 15) is 18.0 Å². The van der Waals surface area contributed by atoms with E-state index in [1.54, 1.807) is 31.0 Å². The Labute approximate surface area is 121 Å². The number of halogens is 3. The van der Waals surface area contributed by atoms with Gasteiger partial charge in [-0.15, -0.1) is 0 Å². The summed E-state index contributed by atoms with van der Waals surface area (Å²) in [6, 6.07) is 8.50. The number of nitrogens with one attached hydrogen (secondary N) is 1. The van der Waals surface area contributed by atoms with Crippen LogP contribution in [0.2, 0.25) is 0 Å². The number of amides is 1. The molecule has 21 heavy (non-hydrogen) atoms. The third-order valence-corrected chi connectivity index (χ3v) is 2.96. The summed E-state index contributed by atoms with van der Waals surface area (Å²) in [6.45, 7) is 1.01. The molecule has 1 amide bonds. The van der Waals surface area contributed by atoms with Crippen LogP contribution in [0.3, 0.4) is 0 Å². The number of carbonyl (C=O) groups excluding carboxylic acids is 1. The summed E-state index contributed by atoms with van der Waals surface area (Å²) in [4.78, 5) is 13.2. The number of para-hydroxylation sites is 1. The van der Waals surface area contributed by atoms with E-state index in [2.05, 4.69) is 0 Å². The topological polar surface area (TPSA) is 41.6 Å². The number of likely N-dealkylation sites (N-methyl/N-ethyl adjacent to an activating group) is 1. The van der Waals surface area contributed by atoms with Gasteiger partial charge in [0.2, 0.25) is 5.91 Å². The van der Waals surface area contributed by atoms with Crippen LogP contribution in [0.1, 0.15) is 6.92 Å². The minimum absolute atomic E-state index is 0.345. The molecule has 1 rings (SSSR count). The van der Waals surface area contributed by atoms with Crippen molar-refractivity contribution in [3.63, 3.8) is 0 Å². The van der Waals surface area contributed by atoms with Crippen LogP contribution in [0.4, 0.5) is 13.2 Å². The van der Waals surface area contributed by atoms with Gasteiger partial charge >= 0.3 is 6.18 Å². The normalized spacial score (nSPS) is 13.0. The molecule has 1 atom stereocenters. The SMILES string of the molecule is CC(C(=O)NCC(F)(F)F)N(C)CCOc1ccccc1. The monoisotopic (exact) mass is 304 g/mol. The Bertz CT molecular complexity index is 438. The largest absolute Gasteiger partial charge is 0.492 e. The van der Waals surface area contributed by atoms with Crippen molar-refractivity contribution in [1.82, 2.24) is 10.2 Å². The van der Waals surface area contributed by atoms with E-state index in [1.165, 1.54) is 0 Å². The standard InChI is InChI=1S/C14H19F3N2O2/c1-11(13(20)18-10-14(15,16)17)19(2)8-9-21-12-6-4-3-5-7-12/h3-7,11H,8-10H2,1-2H3,(H,18,20). The van der Waals surface area contributed by atoms with E-state index < -0.39 is 24.7 Å². The maximum Gasteiger partial charge on any atom is 0.405 e. The maximum atomic E-state index is 12.0. The van der Waals surface area contributed by atoms with Crippen molar-refractivity contribution in [2.75, 3.05) is 26.7 Å². The van der Waals surface area contributed by atoms with Gasteiger partial charge in [-0.25, -0.2) is 0 Å². The fourth-order valence-electron chi connectivity index (χ4n) is 1.55. The lowest BCUT2D eigenvalue weighted by molar-refractivity contribution is -0.141. The predicted molar refractivity (Wildman–Crippen MR) is 73.1 cm³/mol. The van der Waals surface area contributed by atoms with Crippen molar-refractivity contribution in [3.8, 4) is 5.75 Å². The van der Waals surface area contributed by atoms with E-state index in [1.807, 2.05) is 23.5 Å². The molecule has 0 heterocycles. The van der Waals surface area contributed by atoms with E-state index in [0.29, 0.717) is 18.9 Å². The van der Waals surface area contributed by atoms with Crippen LogP contribution in [0.15, 0.2) is 30.3 Å². The van der Waals surface area contributed by atoms with Crippen LogP contribution in [0.5, 0.6) is 5.75 Å². The van der Waals surface area contributed by atoms with Crippen LogP contribution in [-0.2, 0) is 4.79 Å². The molecule has 0 saturated carbocycles. The third-order valence-electron chi connectivity index (χ3n) is 2.96. The summed E-state index contributed by atoms with van der Waals surface area (Å²) in [5, 5.41) is 1.86. The Hall–Kier alpha value is -1.76. The van der Waals surface area contributed by atoms with Gasteiger partial charge in [-0.2, -0.15) is 13.2 Å². The molecule has 0 fully saturated rings. The number of hydrogen-bond acceptors (Lipinski definition) is 3. The molecule has 0 bridgehead atoms. The van der Waals surface area contributed by atoms with Crippen LogP contribution >= 0.6 is 0 Å². The second kappa shape index (κ2) is 7.87. The summed E-state index contributed by atoms with van der Waals surface area (Å²) in [7, 11) is 1.66. The van der Waals surface area contributed by atoms with E-state index in [4.69, 9.17) is 4.74 Å². The number of ether oxygens (including phenoxy) is 1. The van der Waals surface area contributed by atoms with Crippen LogP contribution in [-0.4, -0.2) is 49.8 Å². The molecule has 0 radical (unpaired) electrons. The molecule has 0 aliphatic heterocycles. The van der Waals surface area contributed by atoms with Crippen LogP contribution in [0.25, 0.3) is 0 Å². The molecular weight excluding hydrogens is 285 g/mol. The maximum absolute atomic E-state index is 12.0. The van der Waals surface area contributed by atoms with Gasteiger partial charge in [0, 0.05) is 6.54 Å². The molecule has 7 heteroatoms. The summed E-state index contributed by atoms with van der Waals surface area (Å²) in [5.41, 5.74) is 0. The third kappa shape index (κ3) is 6.99. The zero-order chi connectivity index (χ0) is 15.9. The average molecular weight is 304 g/mol. The van der Waals surface area contributed by atoms with Crippen molar-refractivity contribution < 1.29 is 22.7 Å². The second-order valence-electron chi connectivity index (χ2n) is 4.65. The predicted octanol–water partition coefficient (Wildman–Crippen LogP) is 2.06. The first-order chi connectivity index (χ1) is 9.79. The van der Waals surface area contributed by atoms with Crippen molar-refractivity contribution in [3.05, 3.63) is 30.3 Å². The Kier molecular flexibility index (Phi) is 6.48. The first-order valence-electron chi connectivity index (χ1n) is 6.52. The number of alkyl halides is 3. The molecule has 0 saturated heterocycles. The van der Waals surface area contributed by atoms with E-state index in [0.717, 1.165) is 0 Å². The minimum atomic E-state index is -4.40. The zero-order valence-electron chi connectivity index (χ0n) is 12.0. The Balaban J connectivity index is 2.30. The smallest absolute Gasteiger partial charge is 0.405 e. The van der Waals surface area contributed by atoms with E-state index in [-0.39, 0.29) is 0 Å². The fraction of sp³-hybridized carbons (Fsp3) is 0.500. The summed E-state index contributed by atoms with van der Waals surface area (Å²) < 4.78 is 41.5. The van der Waals surface area contributed by atoms with Crippen molar-refractivity contribution in [2.24, 2.45) is 0 Å². The van der Waals surface area contributed by atoms with Crippen LogP contribution < -0.4 is 10.1 Å². The fourth-order valence-corrected chi connectivity index (χ4v) is 1.55. The highest BCUT2D eigenvalue weighted by atomic mass is 19.4. The molecule has 0 spiro atoms. The lowest BCUT2D eigenvalue weighted by Crippen LogP contribution is -2.46. The number of hydrogen-bond donors (Lipinski definition) is 1. The molecule has 1 N–H and O–H groups in total. The quantitative estimate of drug-likeness (QED) is 0.838. The van der Waals surface area contributed by atoms with E-state index >= 15 is 0 Å². The molecule has 0 aromatic heterocycles. The molecular formula is C14H19F3N2O2. The number of benzene rings is 1. The van der Waals surface area contributed by atoms with Gasteiger partial charge in [0.05, 0.1) is 6.04 Å². The Morgan fingerprint density at radius 2 is 1.95 bits per heavy atom. The van der Waals surface area contributed by atoms with Gasteiger partial charge in [-0.3, -0.25) is 9.69 Å². The first kappa shape index (κ1) is 17.3. The van der Waals surface area contributed by atoms with Crippen molar-refractivity contribution >= 4 is 5.91 Å². The molecule has 0 aliphatic rings. The summed E-state index contributed by atoms with van der Waals surface area (Å²) in [6.07, 6.45) is -4.40. The Morgan fingerprint density at radius 1 is 1.33 bits per heavy atom. The summed E-state index contributed by atoms with van der Waals surface area (Å²) in [5.74, 6) is 0.0506. The molecule has 0 aliphatic carbocycles. The van der Waals surface area contributed by atoms with Gasteiger partial charge in [-0.05, 0) is 26.1 Å². The minimum Gasteiger partial charge on any atom is -0.492 e. The lowest BCUT2D eigenvalue weighted by Gasteiger charge is -2.24. The molecule has 1 unspecified atom stereocenters. The number of rotatable bonds is 7. The summed E-state index contributed by atoms with van der Waals surface area (Å²) >= 11 is 0. The molecule has 4 nitrogen and oxygen atoms in total. The van der Waals surface area contributed by atoms with Gasteiger partial charge in [0.25, 0.3) is 0 Å². The zero-order valence-corrected chi connectivity index (χ0v) is 12.0. The average Bonchev–Trinajstić information content (AvgIpc) is 2.44. The highest BCUT2D eigenvalue weighted by molar-refractivity contribution is 5.81. The lowest BCUT2D eigenvalue weighted by atomic mass is 10.2. The highest BCUT2D eigenvalue weighted by Crippen LogP contribution is 2.12. The van der Waals surface area contributed by atoms with Gasteiger partial charge in [-0.1, -0.05) is 18.2 Å². The highest BCUT2D eigenvalue weighted by Gasteiger charge is 2.29. The number of nitrogens with zero attached hydrogens (tertiary/aromatic N) is 1. The Morgan fingerprint density at radius 3 is 2.52 bits per heavy atom. The van der Waals surface area contributed by atoms with Gasteiger partial charge in [0.15, 0.2) is 0 Å². The number of carbonyl (C=O) groups is 1. The van der Waals surface area contributed by atoms with Crippen molar-refractivity contribution in [1.29, 1.82) is 0 Å². The first-order valence-corrected chi connectivity index (χ1v) is 6.52. The van der Waals surface area contributed by atoms with Gasteiger partial charge < -0.3 is 10.1 Å². The molecule has 1 aromatic carbocycles. The van der Waals surface area contributed by atoms with Crippen LogP contribution in [0, 0.1) is 0 Å². The van der Waals surface area contributed by atoms with Gasteiger partial charge in [0.1, 0.15) is 18.9 Å². The van der Waals surface area contributed by atoms with Crippen molar-refractivity contribution in [2.45, 2.75) is 19.1 Å². The molecule has 118 valence electrons.